The number of hydrogen-bond acceptors (Lipinski definition) is 3. The van der Waals surface area contributed by atoms with Gasteiger partial charge >= 0.3 is 0 Å². The van der Waals surface area contributed by atoms with Crippen molar-refractivity contribution in [3.05, 3.63) is 41.8 Å². The van der Waals surface area contributed by atoms with Crippen molar-refractivity contribution in [3.8, 4) is 0 Å². The molecule has 1 amide bonds. The van der Waals surface area contributed by atoms with E-state index in [-0.39, 0.29) is 19.9 Å². The van der Waals surface area contributed by atoms with Crippen LogP contribution in [0.2, 0.25) is 5.02 Å². The molecule has 2 saturated carbocycles. The summed E-state index contributed by atoms with van der Waals surface area (Å²) in [6, 6.07) is 5.84. The zero-order valence-electron chi connectivity index (χ0n) is 18.6. The molecule has 2 radical (unpaired) electrons. The Bertz CT molecular complexity index is 669. The van der Waals surface area contributed by atoms with Crippen molar-refractivity contribution >= 4 is 17.5 Å². The fourth-order valence-corrected chi connectivity index (χ4v) is 5.61. The van der Waals surface area contributed by atoms with Gasteiger partial charge in [-0.15, -0.1) is 0 Å². The number of nitrogens with one attached hydrogen (secondary N) is 1. The molecule has 2 aliphatic rings. The number of aliphatic hydroxyl groups is 1. The minimum Gasteiger partial charge on any atom is -0.395 e. The van der Waals surface area contributed by atoms with E-state index in [1.807, 2.05) is 18.2 Å². The Morgan fingerprint density at radius 1 is 1.27 bits per heavy atom. The van der Waals surface area contributed by atoms with Crippen molar-refractivity contribution in [1.29, 1.82) is 0 Å². The molecule has 2 N–H and O–H groups in total. The van der Waals surface area contributed by atoms with Crippen LogP contribution in [0.25, 0.3) is 0 Å². The molecule has 0 saturated heterocycles. The van der Waals surface area contributed by atoms with Gasteiger partial charge in [0.1, 0.15) is 0 Å². The molecule has 3 rings (SSSR count). The Morgan fingerprint density at radius 3 is 2.67 bits per heavy atom. The average molecular weight is 435 g/mol. The molecule has 2 bridgehead atoms. The number of benzene rings is 1. The highest BCUT2D eigenvalue weighted by Crippen LogP contribution is 2.48. The molecule has 2 aliphatic carbocycles. The fourth-order valence-electron chi connectivity index (χ4n) is 5.41. The van der Waals surface area contributed by atoms with Gasteiger partial charge in [-0.05, 0) is 74.2 Å². The molecule has 1 aromatic carbocycles. The first-order chi connectivity index (χ1) is 14.0. The van der Waals surface area contributed by atoms with Gasteiger partial charge in [-0.1, -0.05) is 57.7 Å². The second-order valence-electron chi connectivity index (χ2n) is 9.11. The van der Waals surface area contributed by atoms with E-state index in [0.717, 1.165) is 44.0 Å². The molecular weight excluding hydrogens is 396 g/mol. The monoisotopic (exact) mass is 434 g/mol. The van der Waals surface area contributed by atoms with Crippen molar-refractivity contribution in [1.82, 2.24) is 10.2 Å². The van der Waals surface area contributed by atoms with Crippen LogP contribution >= 0.6 is 11.6 Å². The molecule has 0 aromatic heterocycles. The molecule has 2 fully saturated rings. The Balaban J connectivity index is 0.00000320. The number of amides is 1. The predicted molar refractivity (Wildman–Crippen MR) is 125 cm³/mol. The lowest BCUT2D eigenvalue weighted by Gasteiger charge is -2.45. The summed E-state index contributed by atoms with van der Waals surface area (Å²) in [5.74, 6) is 0.837. The number of nitrogens with zero attached hydrogens (tertiary/aromatic N) is 1. The smallest absolute Gasteiger partial charge is 0.252 e. The van der Waals surface area contributed by atoms with E-state index in [0.29, 0.717) is 22.5 Å². The Morgan fingerprint density at radius 2 is 2.00 bits per heavy atom. The number of carbonyl (C=O) groups excluding carboxylic acids is 1. The minimum atomic E-state index is -0.0330. The standard InChI is InChI=1S/C24H37ClN2O2.CH2/c1-2-27(14-15-28)13-5-8-19-9-10-22(25)21(16-19)23(29)26-18-24-11-3-6-20(17-24)7-4-12-24;/h9-10,16,20,28H,2-8,11-15,17-18H2,1H3,(H,26,29);1H2. The van der Waals surface area contributed by atoms with Crippen LogP contribution in [0.15, 0.2) is 18.2 Å². The van der Waals surface area contributed by atoms with Gasteiger partial charge in [-0.25, -0.2) is 0 Å². The van der Waals surface area contributed by atoms with Crippen LogP contribution in [0.5, 0.6) is 0 Å². The number of aliphatic hydroxyl groups excluding tert-OH is 1. The van der Waals surface area contributed by atoms with Gasteiger partial charge in [0.2, 0.25) is 0 Å². The van der Waals surface area contributed by atoms with Crippen LogP contribution in [0.4, 0.5) is 0 Å². The minimum absolute atomic E-state index is 0. The molecule has 168 valence electrons. The first-order valence-electron chi connectivity index (χ1n) is 11.4. The normalized spacial score (nSPS) is 23.1. The van der Waals surface area contributed by atoms with Gasteiger partial charge in [0, 0.05) is 13.1 Å². The van der Waals surface area contributed by atoms with Crippen LogP contribution < -0.4 is 5.32 Å². The SMILES string of the molecule is CCN(CCO)CCCc1ccc(Cl)c(C(=O)NCC23CCCC(CCC2)C3)c1.[CH2]. The molecule has 0 spiro atoms. The zero-order valence-corrected chi connectivity index (χ0v) is 19.4. The number of carbonyl (C=O) groups is 1. The van der Waals surface area contributed by atoms with E-state index >= 15 is 0 Å². The van der Waals surface area contributed by atoms with E-state index in [2.05, 4.69) is 17.1 Å². The summed E-state index contributed by atoms with van der Waals surface area (Å²) in [6.45, 7) is 5.70. The fraction of sp³-hybridized carbons (Fsp3) is 0.680. The van der Waals surface area contributed by atoms with Gasteiger partial charge in [-0.3, -0.25) is 4.79 Å². The van der Waals surface area contributed by atoms with E-state index in [1.54, 1.807) is 0 Å². The highest BCUT2D eigenvalue weighted by molar-refractivity contribution is 6.33. The Kier molecular flexibility index (Phi) is 10.1. The van der Waals surface area contributed by atoms with Crippen molar-refractivity contribution in [2.45, 2.75) is 64.7 Å². The summed E-state index contributed by atoms with van der Waals surface area (Å²) in [6.07, 6.45) is 11.0. The molecule has 30 heavy (non-hydrogen) atoms. The van der Waals surface area contributed by atoms with Gasteiger partial charge < -0.3 is 15.3 Å². The summed E-state index contributed by atoms with van der Waals surface area (Å²) >= 11 is 6.37. The van der Waals surface area contributed by atoms with Crippen LogP contribution in [0, 0.1) is 18.8 Å². The number of halogens is 1. The van der Waals surface area contributed by atoms with E-state index in [4.69, 9.17) is 16.7 Å². The third kappa shape index (κ3) is 6.70. The van der Waals surface area contributed by atoms with E-state index < -0.39 is 0 Å². The lowest BCUT2D eigenvalue weighted by molar-refractivity contribution is 0.0681. The van der Waals surface area contributed by atoms with Crippen LogP contribution in [-0.2, 0) is 6.42 Å². The van der Waals surface area contributed by atoms with Gasteiger partial charge in [-0.2, -0.15) is 0 Å². The first kappa shape index (κ1) is 25.2. The summed E-state index contributed by atoms with van der Waals surface area (Å²) < 4.78 is 0. The molecule has 0 unspecified atom stereocenters. The number of rotatable bonds is 10. The third-order valence-electron chi connectivity index (χ3n) is 7.06. The van der Waals surface area contributed by atoms with Crippen molar-refractivity contribution in [2.75, 3.05) is 32.8 Å². The second-order valence-corrected chi connectivity index (χ2v) is 9.52. The Labute approximate surface area is 188 Å². The number of likely N-dealkylation sites (N-methyl/N-ethyl adjacent to an activating group) is 1. The second kappa shape index (κ2) is 12.1. The van der Waals surface area contributed by atoms with Crippen molar-refractivity contribution in [3.63, 3.8) is 0 Å². The summed E-state index contributed by atoms with van der Waals surface area (Å²) in [7, 11) is 0. The summed E-state index contributed by atoms with van der Waals surface area (Å²) in [4.78, 5) is 15.1. The summed E-state index contributed by atoms with van der Waals surface area (Å²) in [5, 5.41) is 12.9. The average Bonchev–Trinajstić information content (AvgIpc) is 2.72. The third-order valence-corrected chi connectivity index (χ3v) is 7.39. The van der Waals surface area contributed by atoms with E-state index in [1.165, 1.54) is 44.9 Å². The molecule has 5 heteroatoms. The molecule has 0 aliphatic heterocycles. The number of aryl methyl sites for hydroxylation is 1. The van der Waals surface area contributed by atoms with Crippen LogP contribution in [0.1, 0.15) is 74.2 Å². The topological polar surface area (TPSA) is 52.6 Å². The van der Waals surface area contributed by atoms with Crippen molar-refractivity contribution < 1.29 is 9.90 Å². The highest BCUT2D eigenvalue weighted by Gasteiger charge is 2.39. The van der Waals surface area contributed by atoms with Crippen LogP contribution in [0.3, 0.4) is 0 Å². The molecule has 0 atom stereocenters. The lowest BCUT2D eigenvalue weighted by Crippen LogP contribution is -2.43. The molecular formula is C25H39ClN2O2. The van der Waals surface area contributed by atoms with Crippen LogP contribution in [-0.4, -0.2) is 48.7 Å². The largest absolute Gasteiger partial charge is 0.395 e. The highest BCUT2D eigenvalue weighted by atomic mass is 35.5. The molecule has 1 aromatic rings. The van der Waals surface area contributed by atoms with Gasteiger partial charge in [0.25, 0.3) is 5.91 Å². The number of hydrogen-bond donors (Lipinski definition) is 2. The van der Waals surface area contributed by atoms with E-state index in [9.17, 15) is 4.79 Å². The van der Waals surface area contributed by atoms with Crippen molar-refractivity contribution in [2.24, 2.45) is 11.3 Å². The summed E-state index contributed by atoms with van der Waals surface area (Å²) in [5.41, 5.74) is 2.07. The first-order valence-corrected chi connectivity index (χ1v) is 11.8. The number of fused-ring (bicyclic) bond motifs is 2. The Hall–Kier alpha value is -1.10. The molecule has 0 heterocycles. The van der Waals surface area contributed by atoms with Gasteiger partial charge in [0.05, 0.1) is 17.2 Å². The maximum atomic E-state index is 12.9. The maximum Gasteiger partial charge on any atom is 0.252 e. The van der Waals surface area contributed by atoms with Gasteiger partial charge in [0.15, 0.2) is 0 Å². The maximum absolute atomic E-state index is 12.9. The molecule has 4 nitrogen and oxygen atoms in total. The predicted octanol–water partition coefficient (Wildman–Crippen LogP) is 5.00. The quantitative estimate of drug-likeness (QED) is 0.544. The lowest BCUT2D eigenvalue weighted by atomic mass is 9.62. The zero-order chi connectivity index (χ0) is 20.7.